The lowest BCUT2D eigenvalue weighted by atomic mass is 10.2. The van der Waals surface area contributed by atoms with E-state index in [9.17, 15) is 18.8 Å². The molecule has 1 saturated heterocycles. The van der Waals surface area contributed by atoms with Crippen LogP contribution in [0, 0.1) is 5.82 Å². The molecule has 1 heterocycles. The van der Waals surface area contributed by atoms with Crippen LogP contribution in [0.2, 0.25) is 0 Å². The Balaban J connectivity index is 1.95. The number of carbonyl (C=O) groups excluding carboxylic acids is 3. The van der Waals surface area contributed by atoms with Gasteiger partial charge in [-0.1, -0.05) is 0 Å². The molecular formula is C12H9BrFNO5. The van der Waals surface area contributed by atoms with Crippen LogP contribution in [0.15, 0.2) is 22.7 Å². The highest BCUT2D eigenvalue weighted by molar-refractivity contribution is 9.10. The minimum Gasteiger partial charge on any atom is -0.452 e. The largest absolute Gasteiger partial charge is 0.452 e. The standard InChI is InChI=1S/C12H9BrFNO5/c13-9-5-7(14)1-2-8(9)11(17)20-6-10(16)15-3-4-19-12(15)18/h1-2,5H,3-4,6H2. The van der Waals surface area contributed by atoms with Gasteiger partial charge in [0.25, 0.3) is 5.91 Å². The number of ether oxygens (including phenoxy) is 2. The SMILES string of the molecule is O=C(OCC(=O)N1CCOC1=O)c1ccc(F)cc1Br. The highest BCUT2D eigenvalue weighted by atomic mass is 79.9. The number of imide groups is 1. The molecule has 1 aromatic carbocycles. The summed E-state index contributed by atoms with van der Waals surface area (Å²) < 4.78 is 22.5. The maximum absolute atomic E-state index is 12.9. The monoisotopic (exact) mass is 345 g/mol. The quantitative estimate of drug-likeness (QED) is 0.780. The average molecular weight is 346 g/mol. The van der Waals surface area contributed by atoms with Crippen LogP contribution in [0.3, 0.4) is 0 Å². The van der Waals surface area contributed by atoms with Crippen LogP contribution < -0.4 is 0 Å². The summed E-state index contributed by atoms with van der Waals surface area (Å²) in [6.07, 6.45) is -0.756. The van der Waals surface area contributed by atoms with Crippen molar-refractivity contribution in [2.75, 3.05) is 19.8 Å². The van der Waals surface area contributed by atoms with Crippen LogP contribution in [0.5, 0.6) is 0 Å². The first-order valence-corrected chi connectivity index (χ1v) is 6.37. The van der Waals surface area contributed by atoms with Crippen LogP contribution in [-0.4, -0.2) is 42.6 Å². The summed E-state index contributed by atoms with van der Waals surface area (Å²) in [5.74, 6) is -1.97. The van der Waals surface area contributed by atoms with Crippen molar-refractivity contribution in [2.24, 2.45) is 0 Å². The molecule has 8 heteroatoms. The molecular weight excluding hydrogens is 337 g/mol. The lowest BCUT2D eigenvalue weighted by molar-refractivity contribution is -0.131. The maximum Gasteiger partial charge on any atom is 0.416 e. The molecule has 1 aromatic rings. The number of hydrogen-bond acceptors (Lipinski definition) is 5. The van der Waals surface area contributed by atoms with Crippen molar-refractivity contribution >= 4 is 33.9 Å². The van der Waals surface area contributed by atoms with Crippen LogP contribution >= 0.6 is 15.9 Å². The second kappa shape index (κ2) is 6.00. The maximum atomic E-state index is 12.9. The van der Waals surface area contributed by atoms with E-state index in [1.54, 1.807) is 0 Å². The van der Waals surface area contributed by atoms with Crippen molar-refractivity contribution in [1.29, 1.82) is 0 Å². The molecule has 0 aromatic heterocycles. The molecule has 1 fully saturated rings. The Bertz CT molecular complexity index is 577. The van der Waals surface area contributed by atoms with E-state index in [-0.39, 0.29) is 23.2 Å². The molecule has 0 unspecified atom stereocenters. The van der Waals surface area contributed by atoms with Gasteiger partial charge < -0.3 is 9.47 Å². The number of carbonyl (C=O) groups is 3. The molecule has 2 rings (SSSR count). The Morgan fingerprint density at radius 1 is 1.45 bits per heavy atom. The normalized spacial score (nSPS) is 14.1. The van der Waals surface area contributed by atoms with E-state index in [0.29, 0.717) is 0 Å². The highest BCUT2D eigenvalue weighted by Gasteiger charge is 2.29. The summed E-state index contributed by atoms with van der Waals surface area (Å²) in [4.78, 5) is 35.3. The molecule has 106 valence electrons. The number of halogens is 2. The van der Waals surface area contributed by atoms with Gasteiger partial charge in [-0.05, 0) is 34.1 Å². The molecule has 0 aliphatic carbocycles. The average Bonchev–Trinajstić information content (AvgIpc) is 2.82. The molecule has 0 bridgehead atoms. The third-order valence-electron chi connectivity index (χ3n) is 2.54. The third-order valence-corrected chi connectivity index (χ3v) is 3.20. The van der Waals surface area contributed by atoms with E-state index < -0.39 is 30.4 Å². The Labute approximate surface area is 121 Å². The van der Waals surface area contributed by atoms with Crippen LogP contribution in [0.4, 0.5) is 9.18 Å². The van der Waals surface area contributed by atoms with Crippen molar-refractivity contribution in [3.8, 4) is 0 Å². The molecule has 20 heavy (non-hydrogen) atoms. The van der Waals surface area contributed by atoms with E-state index in [1.807, 2.05) is 0 Å². The van der Waals surface area contributed by atoms with Crippen LogP contribution in [0.1, 0.15) is 10.4 Å². The second-order valence-electron chi connectivity index (χ2n) is 3.86. The molecule has 6 nitrogen and oxygen atoms in total. The zero-order valence-corrected chi connectivity index (χ0v) is 11.7. The number of nitrogens with zero attached hydrogens (tertiary/aromatic N) is 1. The summed E-state index contributed by atoms with van der Waals surface area (Å²) in [5, 5.41) is 0. The number of amides is 2. The second-order valence-corrected chi connectivity index (χ2v) is 4.71. The number of benzene rings is 1. The Morgan fingerprint density at radius 2 is 2.20 bits per heavy atom. The zero-order valence-electron chi connectivity index (χ0n) is 10.1. The zero-order chi connectivity index (χ0) is 14.7. The first kappa shape index (κ1) is 14.4. The van der Waals surface area contributed by atoms with Gasteiger partial charge in [-0.25, -0.2) is 18.9 Å². The van der Waals surface area contributed by atoms with Gasteiger partial charge in [-0.2, -0.15) is 0 Å². The van der Waals surface area contributed by atoms with Gasteiger partial charge in [0.1, 0.15) is 12.4 Å². The smallest absolute Gasteiger partial charge is 0.416 e. The summed E-state index contributed by atoms with van der Waals surface area (Å²) in [6, 6.07) is 3.44. The fourth-order valence-electron chi connectivity index (χ4n) is 1.56. The van der Waals surface area contributed by atoms with Crippen molar-refractivity contribution < 1.29 is 28.2 Å². The van der Waals surface area contributed by atoms with Gasteiger partial charge >= 0.3 is 12.1 Å². The van der Waals surface area contributed by atoms with E-state index in [2.05, 4.69) is 20.7 Å². The van der Waals surface area contributed by atoms with Gasteiger partial charge in [-0.15, -0.1) is 0 Å². The molecule has 0 radical (unpaired) electrons. The minimum atomic E-state index is -0.794. The van der Waals surface area contributed by atoms with E-state index in [4.69, 9.17) is 4.74 Å². The van der Waals surface area contributed by atoms with Gasteiger partial charge in [-0.3, -0.25) is 4.79 Å². The van der Waals surface area contributed by atoms with Crippen molar-refractivity contribution in [2.45, 2.75) is 0 Å². The fraction of sp³-hybridized carbons (Fsp3) is 0.250. The van der Waals surface area contributed by atoms with Crippen molar-refractivity contribution in [3.05, 3.63) is 34.1 Å². The van der Waals surface area contributed by atoms with Gasteiger partial charge in [0, 0.05) is 4.47 Å². The topological polar surface area (TPSA) is 72.9 Å². The summed E-state index contributed by atoms with van der Waals surface area (Å²) in [5.41, 5.74) is 0.0863. The van der Waals surface area contributed by atoms with Crippen LogP contribution in [0.25, 0.3) is 0 Å². The fourth-order valence-corrected chi connectivity index (χ4v) is 2.07. The molecule has 0 atom stereocenters. The summed E-state index contributed by atoms with van der Waals surface area (Å²) >= 11 is 3.02. The third kappa shape index (κ3) is 3.13. The number of cyclic esters (lactones) is 1. The molecule has 2 amide bonds. The van der Waals surface area contributed by atoms with Crippen molar-refractivity contribution in [3.63, 3.8) is 0 Å². The van der Waals surface area contributed by atoms with Gasteiger partial charge in [0.15, 0.2) is 6.61 Å². The first-order valence-electron chi connectivity index (χ1n) is 5.58. The minimum absolute atomic E-state index is 0.0863. The summed E-state index contributed by atoms with van der Waals surface area (Å²) in [6.45, 7) is -0.324. The lowest BCUT2D eigenvalue weighted by Crippen LogP contribution is -2.35. The van der Waals surface area contributed by atoms with Crippen LogP contribution in [-0.2, 0) is 14.3 Å². The molecule has 1 aliphatic heterocycles. The van der Waals surface area contributed by atoms with Gasteiger partial charge in [0.05, 0.1) is 12.1 Å². The predicted molar refractivity (Wildman–Crippen MR) is 67.4 cm³/mol. The molecule has 0 N–H and O–H groups in total. The van der Waals surface area contributed by atoms with E-state index >= 15 is 0 Å². The number of esters is 1. The highest BCUT2D eigenvalue weighted by Crippen LogP contribution is 2.19. The molecule has 1 aliphatic rings. The first-order chi connectivity index (χ1) is 9.49. The van der Waals surface area contributed by atoms with Gasteiger partial charge in [0.2, 0.25) is 0 Å². The Kier molecular flexibility index (Phi) is 4.33. The number of hydrogen-bond donors (Lipinski definition) is 0. The Morgan fingerprint density at radius 3 is 2.80 bits per heavy atom. The predicted octanol–water partition coefficient (Wildman–Crippen LogP) is 1.72. The van der Waals surface area contributed by atoms with Crippen molar-refractivity contribution in [1.82, 2.24) is 4.90 Å². The Hall–Kier alpha value is -1.96. The van der Waals surface area contributed by atoms with E-state index in [0.717, 1.165) is 17.0 Å². The molecule has 0 spiro atoms. The number of rotatable bonds is 3. The summed E-state index contributed by atoms with van der Waals surface area (Å²) in [7, 11) is 0. The lowest BCUT2D eigenvalue weighted by Gasteiger charge is -2.11. The van der Waals surface area contributed by atoms with E-state index in [1.165, 1.54) is 6.07 Å². The molecule has 0 saturated carbocycles.